The number of carbonyl (C=O) groups is 2. The van der Waals surface area contributed by atoms with Crippen LogP contribution in [0, 0.1) is 0 Å². The van der Waals surface area contributed by atoms with E-state index in [-0.39, 0.29) is 18.4 Å². The Labute approximate surface area is 176 Å². The summed E-state index contributed by atoms with van der Waals surface area (Å²) in [7, 11) is 1.60. The molecular formula is C21H18BrN3O2S. The molecule has 0 radical (unpaired) electrons. The summed E-state index contributed by atoms with van der Waals surface area (Å²) in [6, 6.07) is 20.5. The largest absolute Gasteiger partial charge is 0.332 e. The number of hydrogen-bond acceptors (Lipinski definition) is 4. The fourth-order valence-corrected chi connectivity index (χ4v) is 3.76. The maximum absolute atomic E-state index is 12.9. The summed E-state index contributed by atoms with van der Waals surface area (Å²) < 4.78 is 0.783. The van der Waals surface area contributed by atoms with Crippen LogP contribution in [0.1, 0.15) is 10.4 Å². The molecule has 0 aliphatic rings. The van der Waals surface area contributed by atoms with Crippen LogP contribution in [-0.4, -0.2) is 35.3 Å². The highest BCUT2D eigenvalue weighted by molar-refractivity contribution is 9.10. The molecule has 142 valence electrons. The lowest BCUT2D eigenvalue weighted by atomic mass is 10.2. The first-order valence-corrected chi connectivity index (χ1v) is 10.1. The average Bonchev–Trinajstić information content (AvgIpc) is 2.70. The van der Waals surface area contributed by atoms with Crippen molar-refractivity contribution in [2.24, 2.45) is 0 Å². The van der Waals surface area contributed by atoms with Crippen LogP contribution in [0.4, 0.5) is 5.69 Å². The molecule has 3 aromatic rings. The van der Waals surface area contributed by atoms with Gasteiger partial charge in [0.05, 0.1) is 17.8 Å². The van der Waals surface area contributed by atoms with Crippen LogP contribution >= 0.6 is 27.7 Å². The van der Waals surface area contributed by atoms with Crippen molar-refractivity contribution in [2.75, 3.05) is 18.9 Å². The minimum atomic E-state index is -0.274. The second-order valence-corrected chi connectivity index (χ2v) is 7.88. The Hall–Kier alpha value is -2.64. The van der Waals surface area contributed by atoms with Crippen molar-refractivity contribution >= 4 is 45.2 Å². The van der Waals surface area contributed by atoms with Crippen molar-refractivity contribution < 1.29 is 9.59 Å². The van der Waals surface area contributed by atoms with E-state index in [1.807, 2.05) is 48.5 Å². The summed E-state index contributed by atoms with van der Waals surface area (Å²) in [5, 5.41) is 3.41. The van der Waals surface area contributed by atoms with Crippen molar-refractivity contribution in [1.82, 2.24) is 9.88 Å². The van der Waals surface area contributed by atoms with E-state index < -0.39 is 0 Å². The maximum atomic E-state index is 12.9. The topological polar surface area (TPSA) is 62.3 Å². The van der Waals surface area contributed by atoms with Crippen LogP contribution in [-0.2, 0) is 4.79 Å². The van der Waals surface area contributed by atoms with Crippen LogP contribution in [0.2, 0.25) is 0 Å². The average molecular weight is 456 g/mol. The summed E-state index contributed by atoms with van der Waals surface area (Å²) in [4.78, 5) is 32.0. The lowest BCUT2D eigenvalue weighted by molar-refractivity contribution is -0.116. The number of likely N-dealkylation sites (N-methyl/N-ethyl adjacent to an activating group) is 1. The number of para-hydroxylation sites is 1. The third-order valence-electron chi connectivity index (χ3n) is 3.83. The molecule has 0 spiro atoms. The molecule has 0 saturated heterocycles. The number of hydrogen-bond donors (Lipinski definition) is 1. The first kappa shape index (κ1) is 20.1. The molecule has 5 nitrogen and oxygen atoms in total. The van der Waals surface area contributed by atoms with Crippen LogP contribution in [0.5, 0.6) is 0 Å². The molecular weight excluding hydrogens is 438 g/mol. The molecule has 0 saturated carbocycles. The lowest BCUT2D eigenvalue weighted by Crippen LogP contribution is -2.35. The van der Waals surface area contributed by atoms with E-state index in [2.05, 4.69) is 26.2 Å². The number of anilines is 1. The minimum absolute atomic E-state index is 0.0650. The molecule has 7 heteroatoms. The number of rotatable bonds is 6. The minimum Gasteiger partial charge on any atom is -0.332 e. The van der Waals surface area contributed by atoms with Gasteiger partial charge in [-0.3, -0.25) is 9.59 Å². The standard InChI is InChI=1S/C21H18BrN3O2S/c1-25(14-19(26)24-18-12-6-5-11-17(18)22)21(27)16-10-7-13-23-20(16)28-15-8-3-2-4-9-15/h2-13H,14H2,1H3,(H,24,26). The summed E-state index contributed by atoms with van der Waals surface area (Å²) >= 11 is 4.81. The highest BCUT2D eigenvalue weighted by Gasteiger charge is 2.19. The highest BCUT2D eigenvalue weighted by atomic mass is 79.9. The number of nitrogens with zero attached hydrogens (tertiary/aromatic N) is 2. The SMILES string of the molecule is CN(CC(=O)Nc1ccccc1Br)C(=O)c1cccnc1Sc1ccccc1. The number of benzene rings is 2. The summed E-state index contributed by atoms with van der Waals surface area (Å²) in [6.07, 6.45) is 1.65. The van der Waals surface area contributed by atoms with Crippen molar-refractivity contribution in [3.05, 3.63) is 83.0 Å². The van der Waals surface area contributed by atoms with E-state index in [9.17, 15) is 9.59 Å². The molecule has 1 heterocycles. The number of nitrogens with one attached hydrogen (secondary N) is 1. The van der Waals surface area contributed by atoms with Crippen LogP contribution in [0.3, 0.4) is 0 Å². The molecule has 0 atom stereocenters. The molecule has 0 aliphatic carbocycles. The monoisotopic (exact) mass is 455 g/mol. The number of aromatic nitrogens is 1. The highest BCUT2D eigenvalue weighted by Crippen LogP contribution is 2.29. The summed E-state index contributed by atoms with van der Waals surface area (Å²) in [6.45, 7) is -0.0650. The van der Waals surface area contributed by atoms with Gasteiger partial charge >= 0.3 is 0 Å². The van der Waals surface area contributed by atoms with Gasteiger partial charge in [-0.2, -0.15) is 0 Å². The second-order valence-electron chi connectivity index (χ2n) is 5.96. The van der Waals surface area contributed by atoms with E-state index in [1.165, 1.54) is 16.7 Å². The van der Waals surface area contributed by atoms with E-state index in [0.717, 1.165) is 9.37 Å². The molecule has 1 N–H and O–H groups in total. The second kappa shape index (κ2) is 9.52. The molecule has 0 aliphatic heterocycles. The third-order valence-corrected chi connectivity index (χ3v) is 5.55. The summed E-state index contributed by atoms with van der Waals surface area (Å²) in [5.74, 6) is -0.530. The number of amides is 2. The van der Waals surface area contributed by atoms with Gasteiger partial charge < -0.3 is 10.2 Å². The molecule has 0 unspecified atom stereocenters. The Balaban J connectivity index is 1.69. The predicted molar refractivity (Wildman–Crippen MR) is 115 cm³/mol. The van der Waals surface area contributed by atoms with E-state index in [0.29, 0.717) is 16.3 Å². The van der Waals surface area contributed by atoms with Gasteiger partial charge in [-0.25, -0.2) is 4.98 Å². The van der Waals surface area contributed by atoms with Crippen molar-refractivity contribution in [2.45, 2.75) is 9.92 Å². The third kappa shape index (κ3) is 5.21. The van der Waals surface area contributed by atoms with Gasteiger partial charge in [-0.05, 0) is 52.3 Å². The van der Waals surface area contributed by atoms with Gasteiger partial charge in [-0.1, -0.05) is 42.1 Å². The first-order valence-electron chi connectivity index (χ1n) is 8.52. The molecule has 0 fully saturated rings. The van der Waals surface area contributed by atoms with Gasteiger partial charge in [0.25, 0.3) is 5.91 Å². The van der Waals surface area contributed by atoms with Gasteiger partial charge in [0.2, 0.25) is 5.91 Å². The normalized spacial score (nSPS) is 10.4. The molecule has 2 aromatic carbocycles. The van der Waals surface area contributed by atoms with Crippen molar-refractivity contribution in [3.63, 3.8) is 0 Å². The molecule has 2 amide bonds. The maximum Gasteiger partial charge on any atom is 0.256 e. The van der Waals surface area contributed by atoms with E-state index in [1.54, 1.807) is 31.4 Å². The molecule has 3 rings (SSSR count). The van der Waals surface area contributed by atoms with Crippen molar-refractivity contribution in [3.8, 4) is 0 Å². The Morgan fingerprint density at radius 3 is 2.50 bits per heavy atom. The molecule has 1 aromatic heterocycles. The zero-order valence-corrected chi connectivity index (χ0v) is 17.5. The summed E-state index contributed by atoms with van der Waals surface area (Å²) in [5.41, 5.74) is 1.13. The van der Waals surface area contributed by atoms with Gasteiger partial charge in [0.15, 0.2) is 0 Å². The fraction of sp³-hybridized carbons (Fsp3) is 0.0952. The molecule has 0 bridgehead atoms. The van der Waals surface area contributed by atoms with Crippen molar-refractivity contribution in [1.29, 1.82) is 0 Å². The quantitative estimate of drug-likeness (QED) is 0.584. The Bertz CT molecular complexity index is 982. The van der Waals surface area contributed by atoms with E-state index >= 15 is 0 Å². The number of carbonyl (C=O) groups excluding carboxylic acids is 2. The Morgan fingerprint density at radius 2 is 1.75 bits per heavy atom. The Morgan fingerprint density at radius 1 is 1.04 bits per heavy atom. The smallest absolute Gasteiger partial charge is 0.256 e. The van der Waals surface area contributed by atoms with Crippen LogP contribution in [0.15, 0.2) is 87.3 Å². The zero-order chi connectivity index (χ0) is 19.9. The Kier molecular flexibility index (Phi) is 6.84. The first-order chi connectivity index (χ1) is 13.5. The fourth-order valence-electron chi connectivity index (χ4n) is 2.48. The van der Waals surface area contributed by atoms with E-state index in [4.69, 9.17) is 0 Å². The van der Waals surface area contributed by atoms with Gasteiger partial charge in [-0.15, -0.1) is 0 Å². The molecule has 28 heavy (non-hydrogen) atoms. The number of halogens is 1. The number of pyridine rings is 1. The van der Waals surface area contributed by atoms with Gasteiger partial charge in [0, 0.05) is 22.6 Å². The predicted octanol–water partition coefficient (Wildman–Crippen LogP) is 4.71. The van der Waals surface area contributed by atoms with Gasteiger partial charge in [0.1, 0.15) is 5.03 Å². The van der Waals surface area contributed by atoms with Crippen LogP contribution < -0.4 is 5.32 Å². The van der Waals surface area contributed by atoms with Crippen LogP contribution in [0.25, 0.3) is 0 Å². The zero-order valence-electron chi connectivity index (χ0n) is 15.1. The lowest BCUT2D eigenvalue weighted by Gasteiger charge is -2.18.